The molecule has 4 heteroatoms. The molecule has 74 valence electrons. The average molecular weight is 191 g/mol. The van der Waals surface area contributed by atoms with Crippen molar-refractivity contribution in [3.8, 4) is 0 Å². The van der Waals surface area contributed by atoms with Gasteiger partial charge in [-0.15, -0.1) is 0 Å². The molecule has 0 fully saturated rings. The molecule has 0 amide bonds. The maximum Gasteiger partial charge on any atom is 0.190 e. The first kappa shape index (κ1) is 10.4. The highest BCUT2D eigenvalue weighted by Gasteiger charge is 2.05. The van der Waals surface area contributed by atoms with Crippen LogP contribution in [0.1, 0.15) is 16.1 Å². The quantitative estimate of drug-likeness (QED) is 0.529. The Morgan fingerprint density at radius 3 is 2.79 bits per heavy atom. The summed E-state index contributed by atoms with van der Waals surface area (Å²) in [5.41, 5.74) is 1.25. The highest BCUT2D eigenvalue weighted by Crippen LogP contribution is 2.03. The van der Waals surface area contributed by atoms with E-state index in [1.165, 1.54) is 18.6 Å². The fourth-order valence-electron chi connectivity index (χ4n) is 0.939. The van der Waals surface area contributed by atoms with Crippen LogP contribution in [-0.4, -0.2) is 34.7 Å². The number of rotatable bonds is 3. The Morgan fingerprint density at radius 1 is 1.50 bits per heavy atom. The van der Waals surface area contributed by atoms with Crippen molar-refractivity contribution in [2.45, 2.75) is 6.92 Å². The summed E-state index contributed by atoms with van der Waals surface area (Å²) in [6, 6.07) is 0. The predicted molar refractivity (Wildman–Crippen MR) is 53.9 cm³/mol. The lowest BCUT2D eigenvalue weighted by atomic mass is 10.1. The van der Waals surface area contributed by atoms with Gasteiger partial charge in [-0.3, -0.25) is 4.79 Å². The van der Waals surface area contributed by atoms with E-state index in [2.05, 4.69) is 9.97 Å². The Morgan fingerprint density at radius 2 is 2.21 bits per heavy atom. The second kappa shape index (κ2) is 4.50. The molecule has 0 bridgehead atoms. The number of aryl methyl sites for hydroxylation is 1. The number of carbonyl (C=O) groups excluding carboxylic acids is 1. The SMILES string of the molecule is Cc1ncncc1C(=O)/C=C/N(C)C. The van der Waals surface area contributed by atoms with Crippen LogP contribution in [0.2, 0.25) is 0 Å². The second-order valence-electron chi connectivity index (χ2n) is 3.17. The van der Waals surface area contributed by atoms with Gasteiger partial charge in [-0.2, -0.15) is 0 Å². The molecular formula is C10H13N3O. The molecule has 0 aliphatic heterocycles. The van der Waals surface area contributed by atoms with E-state index in [0.29, 0.717) is 11.3 Å². The molecule has 1 heterocycles. The molecule has 0 radical (unpaired) electrons. The minimum atomic E-state index is -0.0724. The molecule has 1 aromatic heterocycles. The lowest BCUT2D eigenvalue weighted by Crippen LogP contribution is -2.05. The van der Waals surface area contributed by atoms with Crippen LogP contribution in [0.5, 0.6) is 0 Å². The van der Waals surface area contributed by atoms with Gasteiger partial charge in [0.15, 0.2) is 5.78 Å². The van der Waals surface area contributed by atoms with Crippen molar-refractivity contribution >= 4 is 5.78 Å². The average Bonchev–Trinajstić information content (AvgIpc) is 2.15. The van der Waals surface area contributed by atoms with Gasteiger partial charge in [0.1, 0.15) is 6.33 Å². The van der Waals surface area contributed by atoms with E-state index in [1.807, 2.05) is 14.1 Å². The lowest BCUT2D eigenvalue weighted by Gasteiger charge is -2.03. The van der Waals surface area contributed by atoms with Gasteiger partial charge in [0.2, 0.25) is 0 Å². The van der Waals surface area contributed by atoms with Gasteiger partial charge in [0, 0.05) is 32.6 Å². The van der Waals surface area contributed by atoms with Crippen molar-refractivity contribution in [1.29, 1.82) is 0 Å². The molecule has 1 aromatic rings. The fourth-order valence-corrected chi connectivity index (χ4v) is 0.939. The van der Waals surface area contributed by atoms with Crippen LogP contribution >= 0.6 is 0 Å². The van der Waals surface area contributed by atoms with Crippen LogP contribution in [0.25, 0.3) is 0 Å². The summed E-state index contributed by atoms with van der Waals surface area (Å²) < 4.78 is 0. The summed E-state index contributed by atoms with van der Waals surface area (Å²) in [4.78, 5) is 21.1. The van der Waals surface area contributed by atoms with Gasteiger partial charge in [0.05, 0.1) is 11.3 Å². The van der Waals surface area contributed by atoms with Gasteiger partial charge in [-0.1, -0.05) is 0 Å². The van der Waals surface area contributed by atoms with Crippen LogP contribution in [0.3, 0.4) is 0 Å². The molecule has 0 spiro atoms. The van der Waals surface area contributed by atoms with Gasteiger partial charge >= 0.3 is 0 Å². The van der Waals surface area contributed by atoms with Gasteiger partial charge in [0.25, 0.3) is 0 Å². The Hall–Kier alpha value is -1.71. The summed E-state index contributed by atoms with van der Waals surface area (Å²) in [5.74, 6) is -0.0724. The Bertz CT molecular complexity index is 358. The molecule has 0 aliphatic rings. The number of nitrogens with zero attached hydrogens (tertiary/aromatic N) is 3. The molecular weight excluding hydrogens is 178 g/mol. The third-order valence-electron chi connectivity index (χ3n) is 1.70. The zero-order valence-electron chi connectivity index (χ0n) is 8.56. The van der Waals surface area contributed by atoms with E-state index >= 15 is 0 Å². The maximum atomic E-state index is 11.6. The first-order valence-corrected chi connectivity index (χ1v) is 4.27. The van der Waals surface area contributed by atoms with E-state index in [9.17, 15) is 4.79 Å². The summed E-state index contributed by atoms with van der Waals surface area (Å²) in [7, 11) is 3.72. The summed E-state index contributed by atoms with van der Waals surface area (Å²) in [6.45, 7) is 1.79. The standard InChI is InChI=1S/C10H13N3O/c1-8-9(6-11-7-12-8)10(14)4-5-13(2)3/h4-7H,1-3H3/b5-4+. The van der Waals surface area contributed by atoms with E-state index in [0.717, 1.165) is 0 Å². The molecule has 4 nitrogen and oxygen atoms in total. The molecule has 0 unspecified atom stereocenters. The van der Waals surface area contributed by atoms with Crippen molar-refractivity contribution in [1.82, 2.24) is 14.9 Å². The smallest absolute Gasteiger partial charge is 0.190 e. The fraction of sp³-hybridized carbons (Fsp3) is 0.300. The number of ketones is 1. The second-order valence-corrected chi connectivity index (χ2v) is 3.17. The van der Waals surface area contributed by atoms with Crippen LogP contribution < -0.4 is 0 Å². The third kappa shape index (κ3) is 2.65. The Balaban J connectivity index is 2.85. The number of hydrogen-bond donors (Lipinski definition) is 0. The number of hydrogen-bond acceptors (Lipinski definition) is 4. The molecule has 0 saturated heterocycles. The van der Waals surface area contributed by atoms with Crippen molar-refractivity contribution < 1.29 is 4.79 Å². The molecule has 0 atom stereocenters. The molecule has 14 heavy (non-hydrogen) atoms. The van der Waals surface area contributed by atoms with Gasteiger partial charge in [-0.05, 0) is 6.92 Å². The highest BCUT2D eigenvalue weighted by atomic mass is 16.1. The van der Waals surface area contributed by atoms with Crippen molar-refractivity contribution in [2.24, 2.45) is 0 Å². The van der Waals surface area contributed by atoms with Crippen molar-refractivity contribution in [2.75, 3.05) is 14.1 Å². The van der Waals surface area contributed by atoms with E-state index in [-0.39, 0.29) is 5.78 Å². The first-order chi connectivity index (χ1) is 6.61. The summed E-state index contributed by atoms with van der Waals surface area (Å²) >= 11 is 0. The zero-order valence-corrected chi connectivity index (χ0v) is 8.56. The number of allylic oxidation sites excluding steroid dienone is 1. The predicted octanol–water partition coefficient (Wildman–Crippen LogP) is 1.04. The molecule has 0 aliphatic carbocycles. The topological polar surface area (TPSA) is 46.1 Å². The van der Waals surface area contributed by atoms with Gasteiger partial charge in [-0.25, -0.2) is 9.97 Å². The van der Waals surface area contributed by atoms with E-state index < -0.39 is 0 Å². The minimum absolute atomic E-state index is 0.0724. The van der Waals surface area contributed by atoms with Crippen molar-refractivity contribution in [3.05, 3.63) is 36.1 Å². The highest BCUT2D eigenvalue weighted by molar-refractivity contribution is 6.04. The number of aromatic nitrogens is 2. The first-order valence-electron chi connectivity index (χ1n) is 4.27. The third-order valence-corrected chi connectivity index (χ3v) is 1.70. The molecule has 1 rings (SSSR count). The Labute approximate surface area is 83.3 Å². The van der Waals surface area contributed by atoms with Crippen LogP contribution in [0.15, 0.2) is 24.8 Å². The zero-order chi connectivity index (χ0) is 10.6. The van der Waals surface area contributed by atoms with Crippen LogP contribution in [0, 0.1) is 6.92 Å². The lowest BCUT2D eigenvalue weighted by molar-refractivity contribution is 0.104. The maximum absolute atomic E-state index is 11.6. The molecule has 0 aromatic carbocycles. The molecule has 0 N–H and O–H groups in total. The van der Waals surface area contributed by atoms with Crippen LogP contribution in [0.4, 0.5) is 0 Å². The Kier molecular flexibility index (Phi) is 3.34. The monoisotopic (exact) mass is 191 g/mol. The van der Waals surface area contributed by atoms with E-state index in [4.69, 9.17) is 0 Å². The summed E-state index contributed by atoms with van der Waals surface area (Å²) in [6.07, 6.45) is 6.17. The molecule has 0 saturated carbocycles. The van der Waals surface area contributed by atoms with Crippen molar-refractivity contribution in [3.63, 3.8) is 0 Å². The normalized spacial score (nSPS) is 10.5. The number of carbonyl (C=O) groups is 1. The van der Waals surface area contributed by atoms with Crippen LogP contribution in [-0.2, 0) is 0 Å². The largest absolute Gasteiger partial charge is 0.383 e. The summed E-state index contributed by atoms with van der Waals surface area (Å²) in [5, 5.41) is 0. The minimum Gasteiger partial charge on any atom is -0.383 e. The van der Waals surface area contributed by atoms with E-state index in [1.54, 1.807) is 18.0 Å². The van der Waals surface area contributed by atoms with Gasteiger partial charge < -0.3 is 4.90 Å².